The van der Waals surface area contributed by atoms with Crippen LogP contribution in [0.1, 0.15) is 25.7 Å². The van der Waals surface area contributed by atoms with Crippen LogP contribution in [0.3, 0.4) is 0 Å². The first-order valence-corrected chi connectivity index (χ1v) is 6.67. The Hall–Kier alpha value is 0.220. The van der Waals surface area contributed by atoms with Crippen molar-refractivity contribution in [1.82, 2.24) is 0 Å². The lowest BCUT2D eigenvalue weighted by Crippen LogP contribution is -2.45. The van der Waals surface area contributed by atoms with E-state index >= 15 is 0 Å². The Morgan fingerprint density at radius 2 is 1.86 bits per heavy atom. The van der Waals surface area contributed by atoms with E-state index in [1.165, 1.54) is 0 Å². The number of hydrogen-bond donors (Lipinski definition) is 3. The normalized spacial score (nSPS) is 29.6. The van der Waals surface area contributed by atoms with Crippen molar-refractivity contribution in [3.63, 3.8) is 0 Å². The number of aliphatic hydroxyl groups excluding tert-OH is 1. The van der Waals surface area contributed by atoms with Crippen LogP contribution in [0.2, 0.25) is 0 Å². The fourth-order valence-corrected chi connectivity index (χ4v) is 5.02. The molecule has 2 aliphatic carbocycles. The zero-order valence-electron chi connectivity index (χ0n) is 7.81. The molecule has 0 spiro atoms. The maximum atomic E-state index is 12.1. The van der Waals surface area contributed by atoms with Crippen molar-refractivity contribution in [3.8, 4) is 0 Å². The van der Waals surface area contributed by atoms with Gasteiger partial charge in [-0.2, -0.15) is 12.6 Å². The lowest BCUT2D eigenvalue weighted by molar-refractivity contribution is 0.168. The Bertz CT molecular complexity index is 344. The van der Waals surface area contributed by atoms with Crippen LogP contribution in [-0.4, -0.2) is 35.0 Å². The van der Waals surface area contributed by atoms with E-state index in [-0.39, 0.29) is 6.54 Å². The SMILES string of the molecule is NCC(O)C1(S(=O)(=O)C2(S)CC2)CC1. The van der Waals surface area contributed by atoms with Gasteiger partial charge in [-0.1, -0.05) is 0 Å². The van der Waals surface area contributed by atoms with Crippen molar-refractivity contribution < 1.29 is 13.5 Å². The van der Waals surface area contributed by atoms with Gasteiger partial charge in [0.15, 0.2) is 9.84 Å². The lowest BCUT2D eigenvalue weighted by atomic mass is 10.2. The summed E-state index contributed by atoms with van der Waals surface area (Å²) in [5.41, 5.74) is 5.32. The summed E-state index contributed by atoms with van der Waals surface area (Å²) < 4.78 is 22.4. The van der Waals surface area contributed by atoms with Gasteiger partial charge in [-0.25, -0.2) is 8.42 Å². The fourth-order valence-electron chi connectivity index (χ4n) is 1.87. The summed E-state index contributed by atoms with van der Waals surface area (Å²) in [5.74, 6) is 0. The van der Waals surface area contributed by atoms with Crippen LogP contribution in [0.15, 0.2) is 0 Å². The van der Waals surface area contributed by atoms with E-state index in [4.69, 9.17) is 5.73 Å². The first kappa shape index (κ1) is 10.7. The summed E-state index contributed by atoms with van der Waals surface area (Å²) in [6, 6.07) is 0. The van der Waals surface area contributed by atoms with E-state index in [1.807, 2.05) is 0 Å². The van der Waals surface area contributed by atoms with Crippen molar-refractivity contribution in [2.75, 3.05) is 6.54 Å². The van der Waals surface area contributed by atoms with Gasteiger partial charge in [0.1, 0.15) is 8.83 Å². The molecule has 6 heteroatoms. The van der Waals surface area contributed by atoms with Crippen LogP contribution >= 0.6 is 12.6 Å². The Morgan fingerprint density at radius 1 is 1.36 bits per heavy atom. The minimum atomic E-state index is -3.33. The Labute approximate surface area is 89.2 Å². The number of thiol groups is 1. The highest BCUT2D eigenvalue weighted by Crippen LogP contribution is 2.59. The second-order valence-corrected chi connectivity index (χ2v) is 8.03. The van der Waals surface area contributed by atoms with Crippen LogP contribution in [0.25, 0.3) is 0 Å². The molecule has 0 aliphatic heterocycles. The molecule has 82 valence electrons. The predicted molar refractivity (Wildman–Crippen MR) is 56.9 cm³/mol. The molecule has 0 radical (unpaired) electrons. The maximum absolute atomic E-state index is 12.1. The maximum Gasteiger partial charge on any atom is 0.173 e. The average molecular weight is 237 g/mol. The summed E-state index contributed by atoms with van der Waals surface area (Å²) in [6.07, 6.45) is 1.30. The minimum absolute atomic E-state index is 0.00306. The molecule has 2 saturated carbocycles. The second-order valence-electron chi connectivity index (χ2n) is 4.27. The van der Waals surface area contributed by atoms with E-state index in [1.54, 1.807) is 0 Å². The van der Waals surface area contributed by atoms with Gasteiger partial charge in [-0.3, -0.25) is 0 Å². The largest absolute Gasteiger partial charge is 0.390 e. The van der Waals surface area contributed by atoms with Crippen LogP contribution in [-0.2, 0) is 9.84 Å². The van der Waals surface area contributed by atoms with Gasteiger partial charge in [0.25, 0.3) is 0 Å². The number of hydrogen-bond acceptors (Lipinski definition) is 5. The van der Waals surface area contributed by atoms with Crippen molar-refractivity contribution in [2.45, 2.75) is 40.6 Å². The summed E-state index contributed by atoms with van der Waals surface area (Å²) in [4.78, 5) is 0. The topological polar surface area (TPSA) is 80.4 Å². The number of rotatable bonds is 4. The molecule has 0 aromatic carbocycles. The molecule has 2 fully saturated rings. The molecule has 1 unspecified atom stereocenters. The van der Waals surface area contributed by atoms with Crippen molar-refractivity contribution in [1.29, 1.82) is 0 Å². The quantitative estimate of drug-likeness (QED) is 0.585. The zero-order valence-corrected chi connectivity index (χ0v) is 9.52. The molecule has 0 saturated heterocycles. The lowest BCUT2D eigenvalue weighted by Gasteiger charge is -2.24. The molecule has 2 rings (SSSR count). The Balaban J connectivity index is 2.31. The average Bonchev–Trinajstić information content (AvgIpc) is 2.96. The third kappa shape index (κ3) is 1.17. The van der Waals surface area contributed by atoms with Gasteiger partial charge >= 0.3 is 0 Å². The Kier molecular flexibility index (Phi) is 2.20. The molecule has 0 amide bonds. The summed E-state index contributed by atoms with van der Waals surface area (Å²) in [5, 5.41) is 9.64. The third-order valence-electron chi connectivity index (χ3n) is 3.29. The molecule has 14 heavy (non-hydrogen) atoms. The fraction of sp³-hybridized carbons (Fsp3) is 1.00. The van der Waals surface area contributed by atoms with Crippen LogP contribution in [0, 0.1) is 0 Å². The van der Waals surface area contributed by atoms with Gasteiger partial charge in [0.05, 0.1) is 6.10 Å². The minimum Gasteiger partial charge on any atom is -0.390 e. The van der Waals surface area contributed by atoms with Gasteiger partial charge in [-0.05, 0) is 25.7 Å². The highest BCUT2D eigenvalue weighted by atomic mass is 32.2. The van der Waals surface area contributed by atoms with E-state index in [9.17, 15) is 13.5 Å². The molecule has 0 aromatic rings. The van der Waals surface area contributed by atoms with Gasteiger partial charge in [0, 0.05) is 6.54 Å². The highest BCUT2D eigenvalue weighted by molar-refractivity contribution is 8.07. The van der Waals surface area contributed by atoms with Crippen LogP contribution in [0.4, 0.5) is 0 Å². The van der Waals surface area contributed by atoms with E-state index in [2.05, 4.69) is 12.6 Å². The number of nitrogens with two attached hydrogens (primary N) is 1. The van der Waals surface area contributed by atoms with E-state index < -0.39 is 24.8 Å². The molecule has 0 aromatic heterocycles. The molecule has 1 atom stereocenters. The smallest absolute Gasteiger partial charge is 0.173 e. The van der Waals surface area contributed by atoms with Crippen LogP contribution in [0.5, 0.6) is 0 Å². The first-order chi connectivity index (χ1) is 6.40. The van der Waals surface area contributed by atoms with Gasteiger partial charge in [0.2, 0.25) is 0 Å². The highest BCUT2D eigenvalue weighted by Gasteiger charge is 2.68. The van der Waals surface area contributed by atoms with Crippen molar-refractivity contribution >= 4 is 22.5 Å². The van der Waals surface area contributed by atoms with Gasteiger partial charge in [-0.15, -0.1) is 0 Å². The van der Waals surface area contributed by atoms with E-state index in [0.29, 0.717) is 25.7 Å². The van der Waals surface area contributed by atoms with Gasteiger partial charge < -0.3 is 10.8 Å². The molecule has 4 nitrogen and oxygen atoms in total. The van der Waals surface area contributed by atoms with Crippen molar-refractivity contribution in [2.24, 2.45) is 5.73 Å². The standard InChI is InChI=1S/C8H15NO3S2/c9-5-6(10)7(1-2-7)14(11,12)8(13)3-4-8/h6,10,13H,1-5,9H2. The predicted octanol–water partition coefficient (Wildman–Crippen LogP) is -0.327. The number of sulfone groups is 1. The first-order valence-electron chi connectivity index (χ1n) is 4.74. The van der Waals surface area contributed by atoms with Crippen LogP contribution < -0.4 is 5.73 Å². The molecule has 3 N–H and O–H groups in total. The molecule has 0 heterocycles. The Morgan fingerprint density at radius 3 is 2.14 bits per heavy atom. The second kappa shape index (κ2) is 2.87. The monoisotopic (exact) mass is 237 g/mol. The number of aliphatic hydroxyl groups is 1. The molecular weight excluding hydrogens is 222 g/mol. The summed E-state index contributed by atoms with van der Waals surface area (Å²) in [6.45, 7) is 0.00306. The van der Waals surface area contributed by atoms with E-state index in [0.717, 1.165) is 0 Å². The zero-order chi connectivity index (χ0) is 10.6. The molecular formula is C8H15NO3S2. The molecule has 2 aliphatic rings. The molecule has 0 bridgehead atoms. The van der Waals surface area contributed by atoms with Crippen molar-refractivity contribution in [3.05, 3.63) is 0 Å². The summed E-state index contributed by atoms with van der Waals surface area (Å²) in [7, 11) is -3.33. The third-order valence-corrected chi connectivity index (χ3v) is 7.61. The summed E-state index contributed by atoms with van der Waals surface area (Å²) >= 11 is 4.17.